The first kappa shape index (κ1) is 10.5. The van der Waals surface area contributed by atoms with Crippen LogP contribution in [0, 0.1) is 0 Å². The monoisotopic (exact) mass is 237 g/mol. The number of hydrogen-bond acceptors (Lipinski definition) is 5. The number of nitrogens with one attached hydrogen (secondary N) is 1. The molecular weight excluding hydrogens is 226 g/mol. The summed E-state index contributed by atoms with van der Waals surface area (Å²) < 4.78 is 0. The van der Waals surface area contributed by atoms with Crippen molar-refractivity contribution in [3.8, 4) is 0 Å². The molecule has 0 atom stereocenters. The van der Waals surface area contributed by atoms with Gasteiger partial charge in [-0.3, -0.25) is 0 Å². The number of anilines is 3. The fraction of sp³-hybridized carbons (Fsp3) is 0. The van der Waals surface area contributed by atoms with E-state index in [1.807, 2.05) is 36.4 Å². The minimum absolute atomic E-state index is 0.408. The summed E-state index contributed by atoms with van der Waals surface area (Å²) in [5.74, 6) is 0.916. The van der Waals surface area contributed by atoms with Crippen molar-refractivity contribution in [3.63, 3.8) is 0 Å². The standard InChI is InChI=1S/C13H11N5/c14-12-11-9(6-7-15-12)8-16-13(18-11)17-10-4-2-1-3-5-10/h1-8H,(H2,14,15)(H,16,17,18). The van der Waals surface area contributed by atoms with Gasteiger partial charge in [0.15, 0.2) is 0 Å². The van der Waals surface area contributed by atoms with Crippen molar-refractivity contribution in [3.05, 3.63) is 48.8 Å². The molecule has 18 heavy (non-hydrogen) atoms. The van der Waals surface area contributed by atoms with E-state index in [4.69, 9.17) is 5.73 Å². The van der Waals surface area contributed by atoms with E-state index in [2.05, 4.69) is 20.3 Å². The second-order valence-electron chi connectivity index (χ2n) is 3.82. The van der Waals surface area contributed by atoms with Crippen LogP contribution in [-0.4, -0.2) is 15.0 Å². The predicted octanol–water partition coefficient (Wildman–Crippen LogP) is 2.35. The lowest BCUT2D eigenvalue weighted by Gasteiger charge is -2.06. The number of hydrogen-bond donors (Lipinski definition) is 2. The summed E-state index contributed by atoms with van der Waals surface area (Å²) in [6.07, 6.45) is 3.37. The second kappa shape index (κ2) is 4.29. The number of pyridine rings is 1. The summed E-state index contributed by atoms with van der Waals surface area (Å²) in [6, 6.07) is 11.6. The lowest BCUT2D eigenvalue weighted by atomic mass is 10.3. The number of nitrogens with zero attached hydrogens (tertiary/aromatic N) is 3. The molecule has 3 aromatic rings. The SMILES string of the molecule is Nc1nccc2cnc(Nc3ccccc3)nc12. The van der Waals surface area contributed by atoms with Gasteiger partial charge in [-0.1, -0.05) is 18.2 Å². The van der Waals surface area contributed by atoms with Gasteiger partial charge in [0, 0.05) is 23.5 Å². The van der Waals surface area contributed by atoms with Gasteiger partial charge in [-0.25, -0.2) is 15.0 Å². The van der Waals surface area contributed by atoms with Crippen LogP contribution in [0.1, 0.15) is 0 Å². The number of aromatic nitrogens is 3. The maximum Gasteiger partial charge on any atom is 0.227 e. The third-order valence-corrected chi connectivity index (χ3v) is 2.56. The van der Waals surface area contributed by atoms with E-state index >= 15 is 0 Å². The van der Waals surface area contributed by atoms with Crippen LogP contribution in [0.5, 0.6) is 0 Å². The van der Waals surface area contributed by atoms with Gasteiger partial charge in [-0.15, -0.1) is 0 Å². The Morgan fingerprint density at radius 1 is 1.00 bits per heavy atom. The molecule has 0 aliphatic heterocycles. The smallest absolute Gasteiger partial charge is 0.227 e. The molecule has 5 heteroatoms. The van der Waals surface area contributed by atoms with E-state index in [0.717, 1.165) is 11.1 Å². The van der Waals surface area contributed by atoms with Gasteiger partial charge >= 0.3 is 0 Å². The molecule has 0 saturated heterocycles. The maximum atomic E-state index is 5.79. The van der Waals surface area contributed by atoms with Gasteiger partial charge in [0.1, 0.15) is 11.3 Å². The van der Waals surface area contributed by atoms with Crippen molar-refractivity contribution in [1.29, 1.82) is 0 Å². The summed E-state index contributed by atoms with van der Waals surface area (Å²) in [5.41, 5.74) is 7.38. The molecule has 1 aromatic carbocycles. The molecule has 2 aromatic heterocycles. The molecule has 3 rings (SSSR count). The zero-order valence-electron chi connectivity index (χ0n) is 9.54. The molecule has 0 fully saturated rings. The maximum absolute atomic E-state index is 5.79. The summed E-state index contributed by atoms with van der Waals surface area (Å²) in [4.78, 5) is 12.6. The second-order valence-corrected chi connectivity index (χ2v) is 3.82. The number of nitrogens with two attached hydrogens (primary N) is 1. The molecule has 2 heterocycles. The van der Waals surface area contributed by atoms with Gasteiger partial charge in [0.2, 0.25) is 5.95 Å². The topological polar surface area (TPSA) is 76.7 Å². The van der Waals surface area contributed by atoms with Crippen molar-refractivity contribution < 1.29 is 0 Å². The Hall–Kier alpha value is -2.69. The minimum atomic E-state index is 0.408. The van der Waals surface area contributed by atoms with E-state index in [1.54, 1.807) is 12.4 Å². The van der Waals surface area contributed by atoms with Gasteiger partial charge in [-0.2, -0.15) is 0 Å². The van der Waals surface area contributed by atoms with E-state index < -0.39 is 0 Å². The predicted molar refractivity (Wildman–Crippen MR) is 71.5 cm³/mol. The molecule has 0 saturated carbocycles. The Morgan fingerprint density at radius 2 is 1.83 bits per heavy atom. The first-order chi connectivity index (χ1) is 8.83. The fourth-order valence-electron chi connectivity index (χ4n) is 1.69. The minimum Gasteiger partial charge on any atom is -0.382 e. The molecule has 0 amide bonds. The van der Waals surface area contributed by atoms with Crippen LogP contribution in [0.4, 0.5) is 17.5 Å². The largest absolute Gasteiger partial charge is 0.382 e. The molecule has 0 aliphatic rings. The molecule has 0 aliphatic carbocycles. The average molecular weight is 237 g/mol. The van der Waals surface area contributed by atoms with Crippen molar-refractivity contribution >= 4 is 28.4 Å². The van der Waals surface area contributed by atoms with Crippen molar-refractivity contribution in [2.75, 3.05) is 11.1 Å². The Morgan fingerprint density at radius 3 is 2.67 bits per heavy atom. The van der Waals surface area contributed by atoms with E-state index in [-0.39, 0.29) is 0 Å². The highest BCUT2D eigenvalue weighted by molar-refractivity contribution is 5.87. The molecule has 88 valence electrons. The fourth-order valence-corrected chi connectivity index (χ4v) is 1.69. The quantitative estimate of drug-likeness (QED) is 0.715. The number of benzene rings is 1. The van der Waals surface area contributed by atoms with Crippen LogP contribution in [0.25, 0.3) is 10.9 Å². The third-order valence-electron chi connectivity index (χ3n) is 2.56. The van der Waals surface area contributed by atoms with Gasteiger partial charge in [0.25, 0.3) is 0 Å². The number of para-hydroxylation sites is 1. The third kappa shape index (κ3) is 1.93. The first-order valence-corrected chi connectivity index (χ1v) is 5.52. The highest BCUT2D eigenvalue weighted by Crippen LogP contribution is 2.18. The average Bonchev–Trinajstić information content (AvgIpc) is 2.41. The Bertz CT molecular complexity index is 681. The first-order valence-electron chi connectivity index (χ1n) is 5.52. The lowest BCUT2D eigenvalue weighted by molar-refractivity contribution is 1.20. The van der Waals surface area contributed by atoms with Crippen LogP contribution in [-0.2, 0) is 0 Å². The Kier molecular flexibility index (Phi) is 2.49. The summed E-state index contributed by atoms with van der Waals surface area (Å²) in [5, 5.41) is 3.99. The molecule has 0 radical (unpaired) electrons. The van der Waals surface area contributed by atoms with E-state index in [0.29, 0.717) is 17.3 Å². The zero-order chi connectivity index (χ0) is 12.4. The zero-order valence-corrected chi connectivity index (χ0v) is 9.54. The van der Waals surface area contributed by atoms with Gasteiger partial charge in [0.05, 0.1) is 0 Å². The van der Waals surface area contributed by atoms with Crippen LogP contribution in [0.2, 0.25) is 0 Å². The number of nitrogen functional groups attached to an aromatic ring is 1. The summed E-state index contributed by atoms with van der Waals surface area (Å²) in [6.45, 7) is 0. The Balaban J connectivity index is 2.01. The highest BCUT2D eigenvalue weighted by Gasteiger charge is 2.03. The van der Waals surface area contributed by atoms with Crippen LogP contribution < -0.4 is 11.1 Å². The molecule has 5 nitrogen and oxygen atoms in total. The lowest BCUT2D eigenvalue weighted by Crippen LogP contribution is -1.99. The normalized spacial score (nSPS) is 10.4. The van der Waals surface area contributed by atoms with Gasteiger partial charge < -0.3 is 11.1 Å². The van der Waals surface area contributed by atoms with Crippen LogP contribution >= 0.6 is 0 Å². The Labute approximate surface area is 104 Å². The highest BCUT2D eigenvalue weighted by atomic mass is 15.1. The summed E-state index contributed by atoms with van der Waals surface area (Å²) >= 11 is 0. The number of rotatable bonds is 2. The summed E-state index contributed by atoms with van der Waals surface area (Å²) in [7, 11) is 0. The van der Waals surface area contributed by atoms with E-state index in [1.165, 1.54) is 0 Å². The molecule has 0 bridgehead atoms. The molecular formula is C13H11N5. The van der Waals surface area contributed by atoms with Crippen LogP contribution in [0.3, 0.4) is 0 Å². The van der Waals surface area contributed by atoms with Crippen molar-refractivity contribution in [2.24, 2.45) is 0 Å². The van der Waals surface area contributed by atoms with Crippen molar-refractivity contribution in [1.82, 2.24) is 15.0 Å². The van der Waals surface area contributed by atoms with Gasteiger partial charge in [-0.05, 0) is 18.2 Å². The molecule has 0 unspecified atom stereocenters. The van der Waals surface area contributed by atoms with E-state index in [9.17, 15) is 0 Å². The van der Waals surface area contributed by atoms with Crippen LogP contribution in [0.15, 0.2) is 48.8 Å². The molecule has 0 spiro atoms. The number of fused-ring (bicyclic) bond motifs is 1. The molecule has 3 N–H and O–H groups in total. The van der Waals surface area contributed by atoms with Crippen molar-refractivity contribution in [2.45, 2.75) is 0 Å².